The van der Waals surface area contributed by atoms with E-state index in [1.165, 1.54) is 30.5 Å². The van der Waals surface area contributed by atoms with Crippen molar-refractivity contribution in [1.29, 1.82) is 0 Å². The van der Waals surface area contributed by atoms with Crippen LogP contribution in [0.15, 0.2) is 36.5 Å². The third kappa shape index (κ3) is 2.74. The van der Waals surface area contributed by atoms with Gasteiger partial charge in [-0.2, -0.15) is 0 Å². The molecule has 20 heavy (non-hydrogen) atoms. The highest BCUT2D eigenvalue weighted by molar-refractivity contribution is 6.08. The molecule has 0 aliphatic rings. The van der Waals surface area contributed by atoms with Crippen LogP contribution in [0.25, 0.3) is 0 Å². The van der Waals surface area contributed by atoms with Crippen LogP contribution in [-0.2, 0) is 0 Å². The Morgan fingerprint density at radius 1 is 1.20 bits per heavy atom. The average Bonchev–Trinajstić information content (AvgIpc) is 2.41. The number of carboxylic acid groups (broad SMARTS) is 1. The highest BCUT2D eigenvalue weighted by atomic mass is 16.4. The van der Waals surface area contributed by atoms with Gasteiger partial charge in [-0.15, -0.1) is 0 Å². The van der Waals surface area contributed by atoms with Crippen LogP contribution in [0.2, 0.25) is 0 Å². The molecule has 0 saturated heterocycles. The van der Waals surface area contributed by atoms with Crippen LogP contribution in [0.1, 0.15) is 26.3 Å². The number of carboxylic acids is 1. The van der Waals surface area contributed by atoms with Crippen molar-refractivity contribution in [2.24, 2.45) is 0 Å². The second-order valence-corrected chi connectivity index (χ2v) is 4.18. The van der Waals surface area contributed by atoms with Crippen molar-refractivity contribution >= 4 is 17.7 Å². The van der Waals surface area contributed by atoms with Crippen LogP contribution in [0.4, 0.5) is 5.82 Å². The molecule has 1 aromatic carbocycles. The van der Waals surface area contributed by atoms with Crippen LogP contribution in [0.3, 0.4) is 0 Å². The van der Waals surface area contributed by atoms with E-state index in [0.29, 0.717) is 0 Å². The smallest absolute Gasteiger partial charge is 0.339 e. The second kappa shape index (κ2) is 5.40. The van der Waals surface area contributed by atoms with Crippen LogP contribution < -0.4 is 5.32 Å². The zero-order chi connectivity index (χ0) is 14.7. The standard InChI is InChI=1S/C14H12N2O4/c1-8-4-5-11(17)10(7-8)13(18)16-12-9(14(19)20)3-2-6-15-12/h2-7,17H,1H3,(H,19,20)(H,15,16,18). The Kier molecular flexibility index (Phi) is 3.65. The molecule has 0 spiro atoms. The SMILES string of the molecule is Cc1ccc(O)c(C(=O)Nc2ncccc2C(=O)O)c1. The first-order valence-corrected chi connectivity index (χ1v) is 5.78. The number of phenols is 1. The number of benzene rings is 1. The van der Waals surface area contributed by atoms with Gasteiger partial charge < -0.3 is 15.5 Å². The molecule has 0 atom stereocenters. The maximum absolute atomic E-state index is 12.1. The van der Waals surface area contributed by atoms with E-state index in [2.05, 4.69) is 10.3 Å². The fourth-order valence-electron chi connectivity index (χ4n) is 1.68. The molecule has 2 rings (SSSR count). The molecule has 6 nitrogen and oxygen atoms in total. The molecule has 0 saturated carbocycles. The number of carbonyl (C=O) groups is 2. The number of amides is 1. The number of hydrogen-bond acceptors (Lipinski definition) is 4. The van der Waals surface area contributed by atoms with Gasteiger partial charge in [-0.05, 0) is 31.2 Å². The number of phenolic OH excluding ortho intramolecular Hbond substituents is 1. The van der Waals surface area contributed by atoms with Gasteiger partial charge in [-0.1, -0.05) is 11.6 Å². The molecule has 2 aromatic rings. The Morgan fingerprint density at radius 3 is 2.65 bits per heavy atom. The number of aromatic hydroxyl groups is 1. The van der Waals surface area contributed by atoms with Gasteiger partial charge in [-0.3, -0.25) is 4.79 Å². The third-order valence-corrected chi connectivity index (χ3v) is 2.67. The molecular formula is C14H12N2O4. The minimum Gasteiger partial charge on any atom is -0.507 e. The normalized spacial score (nSPS) is 10.1. The summed E-state index contributed by atoms with van der Waals surface area (Å²) in [6.07, 6.45) is 1.37. The van der Waals surface area contributed by atoms with E-state index in [9.17, 15) is 14.7 Å². The van der Waals surface area contributed by atoms with E-state index in [0.717, 1.165) is 5.56 Å². The molecule has 0 bridgehead atoms. The van der Waals surface area contributed by atoms with Gasteiger partial charge in [0, 0.05) is 6.20 Å². The number of carbonyl (C=O) groups excluding carboxylic acids is 1. The second-order valence-electron chi connectivity index (χ2n) is 4.18. The summed E-state index contributed by atoms with van der Waals surface area (Å²) in [7, 11) is 0. The van der Waals surface area contributed by atoms with Crippen molar-refractivity contribution in [2.75, 3.05) is 5.32 Å². The van der Waals surface area contributed by atoms with Gasteiger partial charge in [0.05, 0.1) is 5.56 Å². The van der Waals surface area contributed by atoms with Gasteiger partial charge in [0.2, 0.25) is 0 Å². The predicted molar refractivity (Wildman–Crippen MR) is 72.0 cm³/mol. The molecule has 6 heteroatoms. The predicted octanol–water partition coefficient (Wildman–Crippen LogP) is 2.05. The minimum atomic E-state index is -1.19. The topological polar surface area (TPSA) is 99.5 Å². The van der Waals surface area contributed by atoms with E-state index in [4.69, 9.17) is 5.11 Å². The van der Waals surface area contributed by atoms with E-state index < -0.39 is 11.9 Å². The lowest BCUT2D eigenvalue weighted by Crippen LogP contribution is -2.16. The lowest BCUT2D eigenvalue weighted by atomic mass is 10.1. The molecule has 0 fully saturated rings. The summed E-state index contributed by atoms with van der Waals surface area (Å²) in [5.74, 6) is -2.05. The lowest BCUT2D eigenvalue weighted by molar-refractivity contribution is 0.0697. The number of pyridine rings is 1. The number of nitrogens with one attached hydrogen (secondary N) is 1. The quantitative estimate of drug-likeness (QED) is 0.794. The Balaban J connectivity index is 2.33. The highest BCUT2D eigenvalue weighted by Gasteiger charge is 2.16. The summed E-state index contributed by atoms with van der Waals surface area (Å²) in [4.78, 5) is 26.9. The molecule has 0 aliphatic heterocycles. The Morgan fingerprint density at radius 2 is 1.95 bits per heavy atom. The summed E-state index contributed by atoms with van der Waals surface area (Å²) >= 11 is 0. The third-order valence-electron chi connectivity index (χ3n) is 2.67. The van der Waals surface area contributed by atoms with Gasteiger partial charge >= 0.3 is 5.97 Å². The van der Waals surface area contributed by atoms with Crippen molar-refractivity contribution in [3.8, 4) is 5.75 Å². The van der Waals surface area contributed by atoms with Gasteiger partial charge in [-0.25, -0.2) is 9.78 Å². The summed E-state index contributed by atoms with van der Waals surface area (Å²) in [6.45, 7) is 1.78. The number of hydrogen-bond donors (Lipinski definition) is 3. The summed E-state index contributed by atoms with van der Waals surface area (Å²) in [5.41, 5.74) is 0.743. The molecule has 0 radical (unpaired) electrons. The first-order chi connectivity index (χ1) is 9.49. The molecule has 1 amide bonds. The molecule has 0 unspecified atom stereocenters. The van der Waals surface area contributed by atoms with Crippen LogP contribution in [-0.4, -0.2) is 27.1 Å². The molecular weight excluding hydrogens is 260 g/mol. The maximum atomic E-state index is 12.1. The van der Waals surface area contributed by atoms with Crippen molar-refractivity contribution in [2.45, 2.75) is 6.92 Å². The fourth-order valence-corrected chi connectivity index (χ4v) is 1.68. The average molecular weight is 272 g/mol. The van der Waals surface area contributed by atoms with E-state index in [1.54, 1.807) is 13.0 Å². The van der Waals surface area contributed by atoms with Crippen molar-refractivity contribution in [1.82, 2.24) is 4.98 Å². The molecule has 3 N–H and O–H groups in total. The summed E-state index contributed by atoms with van der Waals surface area (Å²) in [6, 6.07) is 7.37. The molecule has 1 heterocycles. The lowest BCUT2D eigenvalue weighted by Gasteiger charge is -2.08. The maximum Gasteiger partial charge on any atom is 0.339 e. The molecule has 0 aliphatic carbocycles. The van der Waals surface area contributed by atoms with Crippen molar-refractivity contribution in [3.63, 3.8) is 0 Å². The number of aromatic carboxylic acids is 1. The molecule has 102 valence electrons. The number of anilines is 1. The number of aromatic nitrogens is 1. The van der Waals surface area contributed by atoms with Crippen molar-refractivity contribution in [3.05, 3.63) is 53.2 Å². The number of aryl methyl sites for hydroxylation is 1. The van der Waals surface area contributed by atoms with E-state index >= 15 is 0 Å². The van der Waals surface area contributed by atoms with Crippen LogP contribution in [0.5, 0.6) is 5.75 Å². The number of nitrogens with zero attached hydrogens (tertiary/aromatic N) is 1. The van der Waals surface area contributed by atoms with Gasteiger partial charge in [0.15, 0.2) is 0 Å². The fraction of sp³-hybridized carbons (Fsp3) is 0.0714. The zero-order valence-corrected chi connectivity index (χ0v) is 10.6. The van der Waals surface area contributed by atoms with Gasteiger partial charge in [0.1, 0.15) is 17.1 Å². The Bertz CT molecular complexity index is 683. The van der Waals surface area contributed by atoms with E-state index in [-0.39, 0.29) is 22.7 Å². The van der Waals surface area contributed by atoms with Gasteiger partial charge in [0.25, 0.3) is 5.91 Å². The first-order valence-electron chi connectivity index (χ1n) is 5.78. The van der Waals surface area contributed by atoms with Crippen LogP contribution >= 0.6 is 0 Å². The minimum absolute atomic E-state index is 0.0620. The Hall–Kier alpha value is -2.89. The van der Waals surface area contributed by atoms with Crippen LogP contribution in [0, 0.1) is 6.92 Å². The summed E-state index contributed by atoms with van der Waals surface area (Å²) < 4.78 is 0. The summed E-state index contributed by atoms with van der Waals surface area (Å²) in [5, 5.41) is 21.1. The first kappa shape index (κ1) is 13.5. The van der Waals surface area contributed by atoms with Crippen molar-refractivity contribution < 1.29 is 19.8 Å². The largest absolute Gasteiger partial charge is 0.507 e. The zero-order valence-electron chi connectivity index (χ0n) is 10.6. The molecule has 1 aromatic heterocycles. The van der Waals surface area contributed by atoms with E-state index in [1.807, 2.05) is 0 Å². The highest BCUT2D eigenvalue weighted by Crippen LogP contribution is 2.20. The Labute approximate surface area is 114 Å². The number of rotatable bonds is 3. The monoisotopic (exact) mass is 272 g/mol.